The van der Waals surface area contributed by atoms with Gasteiger partial charge in [-0.3, -0.25) is 4.79 Å². The Bertz CT molecular complexity index is 419. The molecule has 0 saturated carbocycles. The van der Waals surface area contributed by atoms with E-state index < -0.39 is 0 Å². The second-order valence-corrected chi connectivity index (χ2v) is 4.37. The Labute approximate surface area is 113 Å². The highest BCUT2D eigenvalue weighted by atomic mass is 16.5. The van der Waals surface area contributed by atoms with Crippen LogP contribution in [-0.2, 0) is 4.79 Å². The first-order valence-electron chi connectivity index (χ1n) is 6.38. The van der Waals surface area contributed by atoms with Crippen molar-refractivity contribution in [2.45, 2.75) is 12.8 Å². The molecular formula is C14H19NO4. The van der Waals surface area contributed by atoms with Crippen LogP contribution < -0.4 is 14.2 Å². The van der Waals surface area contributed by atoms with Crippen LogP contribution in [0.4, 0.5) is 0 Å². The van der Waals surface area contributed by atoms with Crippen molar-refractivity contribution in [1.82, 2.24) is 4.90 Å². The molecule has 5 heteroatoms. The second-order valence-electron chi connectivity index (χ2n) is 4.37. The van der Waals surface area contributed by atoms with Gasteiger partial charge in [0.2, 0.25) is 5.75 Å². The monoisotopic (exact) mass is 265 g/mol. The molecule has 0 atom stereocenters. The normalized spacial score (nSPS) is 14.3. The van der Waals surface area contributed by atoms with Crippen molar-refractivity contribution in [1.29, 1.82) is 0 Å². The molecule has 0 radical (unpaired) electrons. The second kappa shape index (κ2) is 6.31. The van der Waals surface area contributed by atoms with Crippen LogP contribution in [0.5, 0.6) is 17.2 Å². The zero-order chi connectivity index (χ0) is 13.7. The lowest BCUT2D eigenvalue weighted by Gasteiger charge is -2.17. The standard InChI is InChI=1S/C14H19NO4/c1-17-11-6-5-7-12(18-2)14(11)19-10-13(16)15-8-3-4-9-15/h5-7H,3-4,8-10H2,1-2H3. The number of rotatable bonds is 5. The average molecular weight is 265 g/mol. The largest absolute Gasteiger partial charge is 0.493 e. The van der Waals surface area contributed by atoms with Crippen molar-refractivity contribution >= 4 is 5.91 Å². The Morgan fingerprint density at radius 1 is 1.16 bits per heavy atom. The Hall–Kier alpha value is -1.91. The van der Waals surface area contributed by atoms with Crippen molar-refractivity contribution in [3.63, 3.8) is 0 Å². The third-order valence-electron chi connectivity index (χ3n) is 3.18. The predicted octanol–water partition coefficient (Wildman–Crippen LogP) is 1.70. The minimum Gasteiger partial charge on any atom is -0.493 e. The van der Waals surface area contributed by atoms with Crippen molar-refractivity contribution in [2.24, 2.45) is 0 Å². The minimum atomic E-state index is 0.00505. The summed E-state index contributed by atoms with van der Waals surface area (Å²) in [4.78, 5) is 13.8. The van der Waals surface area contributed by atoms with Gasteiger partial charge in [0.1, 0.15) is 0 Å². The first-order valence-corrected chi connectivity index (χ1v) is 6.38. The molecule has 0 bridgehead atoms. The van der Waals surface area contributed by atoms with E-state index in [1.165, 1.54) is 0 Å². The van der Waals surface area contributed by atoms with Crippen LogP contribution in [0.3, 0.4) is 0 Å². The molecule has 1 aliphatic rings. The summed E-state index contributed by atoms with van der Waals surface area (Å²) in [5.41, 5.74) is 0. The van der Waals surface area contributed by atoms with Crippen LogP contribution >= 0.6 is 0 Å². The summed E-state index contributed by atoms with van der Waals surface area (Å²) >= 11 is 0. The maximum atomic E-state index is 11.9. The van der Waals surface area contributed by atoms with Crippen LogP contribution in [0.2, 0.25) is 0 Å². The van der Waals surface area contributed by atoms with Gasteiger partial charge < -0.3 is 19.1 Å². The Morgan fingerprint density at radius 3 is 2.26 bits per heavy atom. The van der Waals surface area contributed by atoms with E-state index in [-0.39, 0.29) is 12.5 Å². The molecule has 104 valence electrons. The Balaban J connectivity index is 2.03. The quantitative estimate of drug-likeness (QED) is 0.813. The van der Waals surface area contributed by atoms with Gasteiger partial charge in [0.05, 0.1) is 14.2 Å². The zero-order valence-corrected chi connectivity index (χ0v) is 11.3. The third-order valence-corrected chi connectivity index (χ3v) is 3.18. The van der Waals surface area contributed by atoms with Gasteiger partial charge in [-0.25, -0.2) is 0 Å². The average Bonchev–Trinajstić information content (AvgIpc) is 2.98. The molecular weight excluding hydrogens is 246 g/mol. The van der Waals surface area contributed by atoms with E-state index in [1.807, 2.05) is 11.0 Å². The number of carbonyl (C=O) groups excluding carboxylic acids is 1. The molecule has 0 aliphatic carbocycles. The topological polar surface area (TPSA) is 48.0 Å². The third kappa shape index (κ3) is 3.10. The number of carbonyl (C=O) groups is 1. The highest BCUT2D eigenvalue weighted by molar-refractivity contribution is 5.78. The molecule has 5 nitrogen and oxygen atoms in total. The van der Waals surface area contributed by atoms with Crippen LogP contribution in [-0.4, -0.2) is 44.7 Å². The molecule has 1 amide bonds. The summed E-state index contributed by atoms with van der Waals surface area (Å²) in [5, 5.41) is 0. The molecule has 1 heterocycles. The summed E-state index contributed by atoms with van der Waals surface area (Å²) < 4.78 is 16.0. The van der Waals surface area contributed by atoms with Gasteiger partial charge in [-0.2, -0.15) is 0 Å². The van der Waals surface area contributed by atoms with Crippen LogP contribution in [0, 0.1) is 0 Å². The van der Waals surface area contributed by atoms with E-state index in [1.54, 1.807) is 26.4 Å². The SMILES string of the molecule is COc1cccc(OC)c1OCC(=O)N1CCCC1. The van der Waals surface area contributed by atoms with Crippen molar-refractivity contribution in [2.75, 3.05) is 33.9 Å². The van der Waals surface area contributed by atoms with E-state index in [4.69, 9.17) is 14.2 Å². The number of nitrogens with zero attached hydrogens (tertiary/aromatic N) is 1. The van der Waals surface area contributed by atoms with Crippen LogP contribution in [0.15, 0.2) is 18.2 Å². The van der Waals surface area contributed by atoms with Gasteiger partial charge in [-0.15, -0.1) is 0 Å². The number of likely N-dealkylation sites (tertiary alicyclic amines) is 1. The molecule has 1 aromatic carbocycles. The zero-order valence-electron chi connectivity index (χ0n) is 11.3. The van der Waals surface area contributed by atoms with Crippen LogP contribution in [0.25, 0.3) is 0 Å². The molecule has 1 saturated heterocycles. The number of benzene rings is 1. The lowest BCUT2D eigenvalue weighted by atomic mass is 10.3. The molecule has 0 aromatic heterocycles. The molecule has 1 aliphatic heterocycles. The Morgan fingerprint density at radius 2 is 1.74 bits per heavy atom. The fourth-order valence-corrected chi connectivity index (χ4v) is 2.15. The van der Waals surface area contributed by atoms with Crippen molar-refractivity contribution < 1.29 is 19.0 Å². The smallest absolute Gasteiger partial charge is 0.260 e. The van der Waals surface area contributed by atoms with E-state index in [9.17, 15) is 4.79 Å². The van der Waals surface area contributed by atoms with Gasteiger partial charge in [-0.1, -0.05) is 6.07 Å². The van der Waals surface area contributed by atoms with E-state index in [0.717, 1.165) is 25.9 Å². The number of hydrogen-bond donors (Lipinski definition) is 0. The number of ether oxygens (including phenoxy) is 3. The number of methoxy groups -OCH3 is 2. The molecule has 19 heavy (non-hydrogen) atoms. The maximum absolute atomic E-state index is 11.9. The molecule has 0 unspecified atom stereocenters. The fourth-order valence-electron chi connectivity index (χ4n) is 2.15. The summed E-state index contributed by atoms with van der Waals surface area (Å²) in [5.74, 6) is 1.60. The summed E-state index contributed by atoms with van der Waals surface area (Å²) in [6.07, 6.45) is 2.15. The van der Waals surface area contributed by atoms with Gasteiger partial charge in [0.15, 0.2) is 18.1 Å². The van der Waals surface area contributed by atoms with Crippen molar-refractivity contribution in [3.8, 4) is 17.2 Å². The summed E-state index contributed by atoms with van der Waals surface area (Å²) in [7, 11) is 3.12. The van der Waals surface area contributed by atoms with E-state index >= 15 is 0 Å². The van der Waals surface area contributed by atoms with Gasteiger partial charge in [0, 0.05) is 13.1 Å². The molecule has 1 aromatic rings. The lowest BCUT2D eigenvalue weighted by molar-refractivity contribution is -0.132. The highest BCUT2D eigenvalue weighted by Crippen LogP contribution is 2.36. The van der Waals surface area contributed by atoms with Crippen molar-refractivity contribution in [3.05, 3.63) is 18.2 Å². The highest BCUT2D eigenvalue weighted by Gasteiger charge is 2.20. The van der Waals surface area contributed by atoms with Gasteiger partial charge >= 0.3 is 0 Å². The van der Waals surface area contributed by atoms with Gasteiger partial charge in [-0.05, 0) is 25.0 Å². The molecule has 0 spiro atoms. The summed E-state index contributed by atoms with van der Waals surface area (Å²) in [6.45, 7) is 1.66. The van der Waals surface area contributed by atoms with E-state index in [0.29, 0.717) is 17.2 Å². The predicted molar refractivity (Wildman–Crippen MR) is 70.9 cm³/mol. The number of para-hydroxylation sites is 1. The lowest BCUT2D eigenvalue weighted by Crippen LogP contribution is -2.32. The molecule has 1 fully saturated rings. The fraction of sp³-hybridized carbons (Fsp3) is 0.500. The number of hydrogen-bond acceptors (Lipinski definition) is 4. The maximum Gasteiger partial charge on any atom is 0.260 e. The number of amides is 1. The van der Waals surface area contributed by atoms with E-state index in [2.05, 4.69) is 0 Å². The molecule has 2 rings (SSSR count). The first-order chi connectivity index (χ1) is 9.26. The Kier molecular flexibility index (Phi) is 4.49. The summed E-state index contributed by atoms with van der Waals surface area (Å²) in [6, 6.07) is 5.36. The minimum absolute atomic E-state index is 0.00505. The molecule has 0 N–H and O–H groups in total. The van der Waals surface area contributed by atoms with Crippen LogP contribution in [0.1, 0.15) is 12.8 Å². The van der Waals surface area contributed by atoms with Gasteiger partial charge in [0.25, 0.3) is 5.91 Å². The first kappa shape index (κ1) is 13.5.